The van der Waals surface area contributed by atoms with Crippen molar-refractivity contribution in [3.63, 3.8) is 0 Å². The number of hydrogen-bond donors (Lipinski definition) is 3. The maximum Gasteiger partial charge on any atom is 0.341 e. The largest absolute Gasteiger partial charge is 0.462 e. The van der Waals surface area contributed by atoms with Crippen molar-refractivity contribution < 1.29 is 9.53 Å². The summed E-state index contributed by atoms with van der Waals surface area (Å²) in [4.78, 5) is 24.0. The van der Waals surface area contributed by atoms with Gasteiger partial charge >= 0.3 is 5.97 Å². The molecule has 1 aliphatic rings. The van der Waals surface area contributed by atoms with E-state index in [2.05, 4.69) is 31.1 Å². The number of rotatable bonds is 7. The predicted octanol–water partition coefficient (Wildman–Crippen LogP) is 3.25. The second-order valence-electron chi connectivity index (χ2n) is 6.73. The molecule has 3 aromatic heterocycles. The second kappa shape index (κ2) is 8.51. The van der Waals surface area contributed by atoms with Crippen LogP contribution in [0.15, 0.2) is 41.8 Å². The Labute approximate surface area is 172 Å². The fourth-order valence-electron chi connectivity index (χ4n) is 3.24. The van der Waals surface area contributed by atoms with Crippen LogP contribution in [0.4, 0.5) is 5.69 Å². The second-order valence-corrected chi connectivity index (χ2v) is 7.59. The number of esters is 1. The molecule has 1 aliphatic carbocycles. The van der Waals surface area contributed by atoms with E-state index in [9.17, 15) is 4.79 Å². The Morgan fingerprint density at radius 3 is 3.03 bits per heavy atom. The Morgan fingerprint density at radius 1 is 1.38 bits per heavy atom. The van der Waals surface area contributed by atoms with Gasteiger partial charge in [0.1, 0.15) is 16.2 Å². The first-order valence-electron chi connectivity index (χ1n) is 9.36. The standard InChI is InChI=1S/C20H20N6O2S/c1-2-28-20(27)16-11-24-19-15(4-6-23-19)18(16)25-13-8-14(9-13)26-29-17-7-12(10-21)3-5-22-17/h3-7,11,13-14,26H,2,8-9H2,1H3,(H2,23,24,25). The molecule has 4 rings (SSSR count). The van der Waals surface area contributed by atoms with E-state index in [0.717, 1.165) is 34.6 Å². The summed E-state index contributed by atoms with van der Waals surface area (Å²) in [7, 11) is 0. The smallest absolute Gasteiger partial charge is 0.341 e. The van der Waals surface area contributed by atoms with Gasteiger partial charge in [-0.2, -0.15) is 5.26 Å². The van der Waals surface area contributed by atoms with Crippen molar-refractivity contribution >= 4 is 34.6 Å². The molecule has 29 heavy (non-hydrogen) atoms. The lowest BCUT2D eigenvalue weighted by Gasteiger charge is -2.37. The first-order valence-corrected chi connectivity index (χ1v) is 10.2. The minimum Gasteiger partial charge on any atom is -0.462 e. The number of hydrogen-bond acceptors (Lipinski definition) is 8. The molecule has 0 atom stereocenters. The summed E-state index contributed by atoms with van der Waals surface area (Å²) in [6.07, 6.45) is 6.80. The summed E-state index contributed by atoms with van der Waals surface area (Å²) >= 11 is 1.43. The number of carbonyl (C=O) groups is 1. The van der Waals surface area contributed by atoms with Crippen LogP contribution in [0, 0.1) is 11.3 Å². The van der Waals surface area contributed by atoms with Gasteiger partial charge < -0.3 is 15.0 Å². The lowest BCUT2D eigenvalue weighted by atomic mass is 9.87. The third-order valence-electron chi connectivity index (χ3n) is 4.76. The van der Waals surface area contributed by atoms with Crippen LogP contribution >= 0.6 is 11.9 Å². The number of nitrogens with zero attached hydrogens (tertiary/aromatic N) is 3. The van der Waals surface area contributed by atoms with Crippen LogP contribution in [0.2, 0.25) is 0 Å². The molecule has 8 nitrogen and oxygen atoms in total. The molecule has 0 radical (unpaired) electrons. The van der Waals surface area contributed by atoms with Crippen molar-refractivity contribution in [3.05, 3.63) is 47.9 Å². The zero-order valence-electron chi connectivity index (χ0n) is 15.8. The van der Waals surface area contributed by atoms with Gasteiger partial charge in [-0.15, -0.1) is 0 Å². The zero-order valence-corrected chi connectivity index (χ0v) is 16.6. The zero-order chi connectivity index (χ0) is 20.2. The molecule has 0 unspecified atom stereocenters. The molecule has 148 valence electrons. The average molecular weight is 408 g/mol. The number of aromatic nitrogens is 3. The van der Waals surface area contributed by atoms with Crippen molar-refractivity contribution in [2.75, 3.05) is 11.9 Å². The van der Waals surface area contributed by atoms with Crippen LogP contribution < -0.4 is 10.0 Å². The van der Waals surface area contributed by atoms with Crippen molar-refractivity contribution in [1.29, 1.82) is 5.26 Å². The maximum atomic E-state index is 12.3. The molecule has 3 N–H and O–H groups in total. The van der Waals surface area contributed by atoms with Gasteiger partial charge in [0.05, 0.1) is 23.9 Å². The van der Waals surface area contributed by atoms with Gasteiger partial charge in [0.25, 0.3) is 0 Å². The van der Waals surface area contributed by atoms with Crippen molar-refractivity contribution in [2.24, 2.45) is 0 Å². The summed E-state index contributed by atoms with van der Waals surface area (Å²) < 4.78 is 8.57. The molecule has 3 heterocycles. The van der Waals surface area contributed by atoms with Gasteiger partial charge in [-0.1, -0.05) is 0 Å². The molecule has 3 aromatic rings. The highest BCUT2D eigenvalue weighted by atomic mass is 32.2. The Kier molecular flexibility index (Phi) is 5.64. The molecular formula is C20H20N6O2S. The van der Waals surface area contributed by atoms with E-state index < -0.39 is 0 Å². The topological polar surface area (TPSA) is 116 Å². The van der Waals surface area contributed by atoms with E-state index in [4.69, 9.17) is 10.00 Å². The highest BCUT2D eigenvalue weighted by Crippen LogP contribution is 2.32. The van der Waals surface area contributed by atoms with E-state index in [1.807, 2.05) is 12.3 Å². The van der Waals surface area contributed by atoms with Crippen molar-refractivity contribution in [3.8, 4) is 6.07 Å². The number of H-pyrrole nitrogens is 1. The van der Waals surface area contributed by atoms with Gasteiger partial charge in [0.15, 0.2) is 0 Å². The number of aromatic amines is 1. The monoisotopic (exact) mass is 408 g/mol. The molecule has 0 aliphatic heterocycles. The minimum absolute atomic E-state index is 0.236. The third-order valence-corrected chi connectivity index (χ3v) is 5.65. The van der Waals surface area contributed by atoms with E-state index in [1.165, 1.54) is 11.9 Å². The molecule has 0 aromatic carbocycles. The summed E-state index contributed by atoms with van der Waals surface area (Å²) in [5.41, 5.74) is 2.53. The van der Waals surface area contributed by atoms with Crippen molar-refractivity contribution in [2.45, 2.75) is 36.9 Å². The maximum absolute atomic E-state index is 12.3. The number of ether oxygens (including phenoxy) is 1. The summed E-state index contributed by atoms with van der Waals surface area (Å²) in [6, 6.07) is 8.03. The minimum atomic E-state index is -0.376. The fraction of sp³-hybridized carbons (Fsp3) is 0.300. The molecule has 1 fully saturated rings. The van der Waals surface area contributed by atoms with E-state index in [1.54, 1.807) is 31.5 Å². The van der Waals surface area contributed by atoms with Gasteiger partial charge in [-0.3, -0.25) is 4.72 Å². The van der Waals surface area contributed by atoms with Crippen LogP contribution in [-0.4, -0.2) is 39.6 Å². The Balaban J connectivity index is 1.39. The Morgan fingerprint density at radius 2 is 2.24 bits per heavy atom. The highest BCUT2D eigenvalue weighted by Gasteiger charge is 2.31. The normalized spacial score (nSPS) is 18.1. The first kappa shape index (κ1) is 19.2. The van der Waals surface area contributed by atoms with E-state index >= 15 is 0 Å². The lowest BCUT2D eigenvalue weighted by molar-refractivity contribution is 0.0527. The highest BCUT2D eigenvalue weighted by molar-refractivity contribution is 7.97. The van der Waals surface area contributed by atoms with Crippen LogP contribution in [-0.2, 0) is 4.74 Å². The van der Waals surface area contributed by atoms with Crippen LogP contribution in [0.25, 0.3) is 11.0 Å². The summed E-state index contributed by atoms with van der Waals surface area (Å²) in [5.74, 6) is -0.376. The van der Waals surface area contributed by atoms with Gasteiger partial charge in [-0.05, 0) is 49.9 Å². The number of carbonyl (C=O) groups excluding carboxylic acids is 1. The molecule has 0 bridgehead atoms. The Bertz CT molecular complexity index is 1070. The molecule has 0 saturated heterocycles. The number of pyridine rings is 2. The number of fused-ring (bicyclic) bond motifs is 1. The molecule has 1 saturated carbocycles. The number of nitriles is 1. The fourth-order valence-corrected chi connectivity index (χ4v) is 4.02. The van der Waals surface area contributed by atoms with E-state index in [0.29, 0.717) is 23.8 Å². The van der Waals surface area contributed by atoms with Crippen molar-refractivity contribution in [1.82, 2.24) is 19.7 Å². The quantitative estimate of drug-likeness (QED) is 0.403. The SMILES string of the molecule is CCOC(=O)c1cnc2[nH]ccc2c1NC1CC(NSc2cc(C#N)ccn2)C1. The molecule has 0 spiro atoms. The number of nitrogens with one attached hydrogen (secondary N) is 3. The van der Waals surface area contributed by atoms with Crippen LogP contribution in [0.1, 0.15) is 35.7 Å². The Hall–Kier alpha value is -3.09. The lowest BCUT2D eigenvalue weighted by Crippen LogP contribution is -2.45. The summed E-state index contributed by atoms with van der Waals surface area (Å²) in [6.45, 7) is 2.10. The van der Waals surface area contributed by atoms with Gasteiger partial charge in [0, 0.05) is 36.1 Å². The average Bonchev–Trinajstić information content (AvgIpc) is 3.19. The van der Waals surface area contributed by atoms with Gasteiger partial charge in [0.2, 0.25) is 0 Å². The van der Waals surface area contributed by atoms with Crippen LogP contribution in [0.3, 0.4) is 0 Å². The van der Waals surface area contributed by atoms with E-state index in [-0.39, 0.29) is 12.0 Å². The third kappa shape index (κ3) is 4.18. The van der Waals surface area contributed by atoms with Gasteiger partial charge in [-0.25, -0.2) is 14.8 Å². The molecule has 0 amide bonds. The number of anilines is 1. The molecule has 9 heteroatoms. The predicted molar refractivity (Wildman–Crippen MR) is 110 cm³/mol. The first-order chi connectivity index (χ1) is 14.2. The summed E-state index contributed by atoms with van der Waals surface area (Å²) in [5, 5.41) is 14.1. The van der Waals surface area contributed by atoms with Crippen LogP contribution in [0.5, 0.6) is 0 Å². The molecular weight excluding hydrogens is 388 g/mol.